The fourth-order valence-corrected chi connectivity index (χ4v) is 2.91. The van der Waals surface area contributed by atoms with Gasteiger partial charge in [0.2, 0.25) is 0 Å². The van der Waals surface area contributed by atoms with Crippen molar-refractivity contribution in [2.24, 2.45) is 0 Å². The Morgan fingerprint density at radius 2 is 1.69 bits per heavy atom. The summed E-state index contributed by atoms with van der Waals surface area (Å²) in [6.07, 6.45) is 2.38. The van der Waals surface area contributed by atoms with E-state index < -0.39 is 6.10 Å². The minimum Gasteiger partial charge on any atom is -0.479 e. The molecule has 0 spiro atoms. The van der Waals surface area contributed by atoms with Crippen LogP contribution in [-0.4, -0.2) is 16.9 Å². The summed E-state index contributed by atoms with van der Waals surface area (Å²) in [5.74, 6) is 1.51. The largest absolute Gasteiger partial charge is 0.479 e. The molecule has 0 fully saturated rings. The molecule has 0 radical (unpaired) electrons. The van der Waals surface area contributed by atoms with Crippen molar-refractivity contribution in [3.8, 4) is 5.75 Å². The number of hydrogen-bond acceptors (Lipinski definition) is 4. The van der Waals surface area contributed by atoms with Gasteiger partial charge in [0.25, 0.3) is 5.91 Å². The summed E-state index contributed by atoms with van der Waals surface area (Å²) < 4.78 is 16.5. The Morgan fingerprint density at radius 3 is 2.19 bits per heavy atom. The summed E-state index contributed by atoms with van der Waals surface area (Å²) >= 11 is 12.0. The molecule has 2 heterocycles. The standard InChI is InChI=1S/C19H17Cl2NO4/c1-13(26-18-7-6-14(20)10-17(18)21)19(23)22(11-15-4-2-8-24-15)12-16-5-3-9-25-16/h2-10,13H,11-12H2,1H3. The van der Waals surface area contributed by atoms with E-state index in [0.29, 0.717) is 40.4 Å². The van der Waals surface area contributed by atoms with Gasteiger partial charge in [-0.15, -0.1) is 0 Å². The second-order valence-electron chi connectivity index (χ2n) is 5.69. The van der Waals surface area contributed by atoms with Crippen molar-refractivity contribution in [2.75, 3.05) is 0 Å². The average Bonchev–Trinajstić information content (AvgIpc) is 3.30. The third-order valence-corrected chi connectivity index (χ3v) is 4.24. The highest BCUT2D eigenvalue weighted by Crippen LogP contribution is 2.28. The summed E-state index contributed by atoms with van der Waals surface area (Å²) in [6.45, 7) is 2.27. The lowest BCUT2D eigenvalue weighted by Crippen LogP contribution is -2.39. The first-order valence-corrected chi connectivity index (χ1v) is 8.74. The lowest BCUT2D eigenvalue weighted by Gasteiger charge is -2.25. The third kappa shape index (κ3) is 4.62. The Morgan fingerprint density at radius 1 is 1.08 bits per heavy atom. The molecule has 2 aromatic heterocycles. The van der Waals surface area contributed by atoms with Crippen molar-refractivity contribution >= 4 is 29.1 Å². The van der Waals surface area contributed by atoms with Crippen LogP contribution >= 0.6 is 23.2 Å². The van der Waals surface area contributed by atoms with Gasteiger partial charge in [-0.25, -0.2) is 0 Å². The number of nitrogens with zero attached hydrogens (tertiary/aromatic N) is 1. The molecule has 0 aliphatic carbocycles. The summed E-state index contributed by atoms with van der Waals surface area (Å²) in [6, 6.07) is 12.0. The van der Waals surface area contributed by atoms with E-state index in [2.05, 4.69) is 0 Å². The Hall–Kier alpha value is -2.37. The monoisotopic (exact) mass is 393 g/mol. The summed E-state index contributed by atoms with van der Waals surface area (Å²) in [4.78, 5) is 14.5. The normalized spacial score (nSPS) is 12.0. The highest BCUT2D eigenvalue weighted by atomic mass is 35.5. The molecule has 0 bridgehead atoms. The maximum Gasteiger partial charge on any atom is 0.264 e. The fourth-order valence-electron chi connectivity index (χ4n) is 2.46. The maximum absolute atomic E-state index is 12.9. The van der Waals surface area contributed by atoms with Gasteiger partial charge in [0, 0.05) is 5.02 Å². The molecule has 7 heteroatoms. The van der Waals surface area contributed by atoms with Crippen LogP contribution in [0.3, 0.4) is 0 Å². The SMILES string of the molecule is CC(Oc1ccc(Cl)cc1Cl)C(=O)N(Cc1ccco1)Cc1ccco1. The number of ether oxygens (including phenoxy) is 1. The summed E-state index contributed by atoms with van der Waals surface area (Å²) in [5, 5.41) is 0.847. The Labute approximate surface area is 161 Å². The number of hydrogen-bond donors (Lipinski definition) is 0. The molecule has 0 saturated carbocycles. The van der Waals surface area contributed by atoms with E-state index in [4.69, 9.17) is 36.8 Å². The van der Waals surface area contributed by atoms with Gasteiger partial charge >= 0.3 is 0 Å². The topological polar surface area (TPSA) is 55.8 Å². The number of carbonyl (C=O) groups excluding carboxylic acids is 1. The molecule has 1 aromatic carbocycles. The first-order valence-electron chi connectivity index (χ1n) is 7.98. The molecule has 26 heavy (non-hydrogen) atoms. The first kappa shape index (κ1) is 18.4. The van der Waals surface area contributed by atoms with Gasteiger partial charge in [-0.3, -0.25) is 4.79 Å². The summed E-state index contributed by atoms with van der Waals surface area (Å²) in [7, 11) is 0. The maximum atomic E-state index is 12.9. The van der Waals surface area contributed by atoms with E-state index in [1.807, 2.05) is 12.1 Å². The van der Waals surface area contributed by atoms with Crippen LogP contribution in [0.2, 0.25) is 10.0 Å². The molecule has 3 rings (SSSR count). The van der Waals surface area contributed by atoms with Crippen LogP contribution in [0.25, 0.3) is 0 Å². The van der Waals surface area contributed by atoms with Crippen molar-refractivity contribution in [1.82, 2.24) is 4.90 Å². The van der Waals surface area contributed by atoms with E-state index >= 15 is 0 Å². The highest BCUT2D eigenvalue weighted by molar-refractivity contribution is 6.35. The smallest absolute Gasteiger partial charge is 0.264 e. The van der Waals surface area contributed by atoms with Gasteiger partial charge in [-0.2, -0.15) is 0 Å². The zero-order valence-electron chi connectivity index (χ0n) is 14.0. The molecule has 1 atom stereocenters. The number of rotatable bonds is 7. The summed E-state index contributed by atoms with van der Waals surface area (Å²) in [5.41, 5.74) is 0. The average molecular weight is 394 g/mol. The van der Waals surface area contributed by atoms with E-state index in [9.17, 15) is 4.79 Å². The molecule has 0 N–H and O–H groups in total. The van der Waals surface area contributed by atoms with Crippen molar-refractivity contribution in [3.63, 3.8) is 0 Å². The van der Waals surface area contributed by atoms with Crippen LogP contribution in [-0.2, 0) is 17.9 Å². The number of furan rings is 2. The molecule has 3 aromatic rings. The van der Waals surface area contributed by atoms with Gasteiger partial charge in [0.1, 0.15) is 17.3 Å². The van der Waals surface area contributed by atoms with E-state index in [0.717, 1.165) is 0 Å². The van der Waals surface area contributed by atoms with E-state index in [1.165, 1.54) is 0 Å². The number of benzene rings is 1. The minimum atomic E-state index is -0.751. The van der Waals surface area contributed by atoms with Gasteiger partial charge in [0.05, 0.1) is 30.6 Å². The van der Waals surface area contributed by atoms with E-state index in [1.54, 1.807) is 54.7 Å². The zero-order chi connectivity index (χ0) is 18.5. The van der Waals surface area contributed by atoms with Crippen molar-refractivity contribution in [2.45, 2.75) is 26.1 Å². The zero-order valence-corrected chi connectivity index (χ0v) is 15.5. The predicted octanol–water partition coefficient (Wildman–Crippen LogP) is 5.18. The van der Waals surface area contributed by atoms with Crippen molar-refractivity contribution in [3.05, 3.63) is 76.6 Å². The fraction of sp³-hybridized carbons (Fsp3) is 0.211. The van der Waals surface area contributed by atoms with Gasteiger partial charge in [-0.1, -0.05) is 23.2 Å². The minimum absolute atomic E-state index is 0.219. The lowest BCUT2D eigenvalue weighted by molar-refractivity contribution is -0.139. The molecule has 136 valence electrons. The van der Waals surface area contributed by atoms with Gasteiger partial charge in [0.15, 0.2) is 6.10 Å². The van der Waals surface area contributed by atoms with Crippen LogP contribution in [0.1, 0.15) is 18.4 Å². The van der Waals surface area contributed by atoms with Crippen LogP contribution < -0.4 is 4.74 Å². The van der Waals surface area contributed by atoms with Crippen LogP contribution in [0.15, 0.2) is 63.8 Å². The Balaban J connectivity index is 1.74. The number of amides is 1. The predicted molar refractivity (Wildman–Crippen MR) is 98.2 cm³/mol. The second kappa shape index (κ2) is 8.34. The van der Waals surface area contributed by atoms with Crippen molar-refractivity contribution in [1.29, 1.82) is 0 Å². The van der Waals surface area contributed by atoms with Gasteiger partial charge in [-0.05, 0) is 49.4 Å². The lowest BCUT2D eigenvalue weighted by atomic mass is 10.2. The van der Waals surface area contributed by atoms with E-state index in [-0.39, 0.29) is 5.91 Å². The molecular weight excluding hydrogens is 377 g/mol. The molecule has 1 amide bonds. The number of carbonyl (C=O) groups is 1. The van der Waals surface area contributed by atoms with Crippen molar-refractivity contribution < 1.29 is 18.4 Å². The molecule has 1 unspecified atom stereocenters. The van der Waals surface area contributed by atoms with Gasteiger partial charge < -0.3 is 18.5 Å². The molecule has 5 nitrogen and oxygen atoms in total. The Kier molecular flexibility index (Phi) is 5.91. The third-order valence-electron chi connectivity index (χ3n) is 3.71. The quantitative estimate of drug-likeness (QED) is 0.555. The molecule has 0 aliphatic heterocycles. The van der Waals surface area contributed by atoms with Crippen LogP contribution in [0.4, 0.5) is 0 Å². The number of halogens is 2. The first-order chi connectivity index (χ1) is 12.5. The highest BCUT2D eigenvalue weighted by Gasteiger charge is 2.24. The van der Waals surface area contributed by atoms with Crippen LogP contribution in [0, 0.1) is 0 Å². The molecule has 0 aliphatic rings. The van der Waals surface area contributed by atoms with Crippen LogP contribution in [0.5, 0.6) is 5.75 Å². The Bertz CT molecular complexity index is 810. The molecular formula is C19H17Cl2NO4. The molecule has 0 saturated heterocycles. The second-order valence-corrected chi connectivity index (χ2v) is 6.53.